The zero-order chi connectivity index (χ0) is 23.7. The van der Waals surface area contributed by atoms with Gasteiger partial charge >= 0.3 is 0 Å². The number of carbonyl (C=O) groups excluding carboxylic acids is 2. The molecule has 184 valence electrons. The van der Waals surface area contributed by atoms with Crippen molar-refractivity contribution in [1.29, 1.82) is 0 Å². The van der Waals surface area contributed by atoms with Gasteiger partial charge in [0.25, 0.3) is 5.91 Å². The van der Waals surface area contributed by atoms with Gasteiger partial charge in [0, 0.05) is 55.6 Å². The number of rotatable bonds is 6. The van der Waals surface area contributed by atoms with Crippen molar-refractivity contribution < 1.29 is 19.1 Å². The van der Waals surface area contributed by atoms with E-state index in [2.05, 4.69) is 29.1 Å². The SMILES string of the molecule is CCN(CC(=O)NC1CCOC1)C(=O)c1ccc2c(c1)c1c(n2C)CCC(C2CCOCC2)C1. The van der Waals surface area contributed by atoms with E-state index in [-0.39, 0.29) is 24.4 Å². The van der Waals surface area contributed by atoms with Crippen molar-refractivity contribution >= 4 is 22.7 Å². The molecule has 1 aliphatic carbocycles. The van der Waals surface area contributed by atoms with E-state index in [0.29, 0.717) is 31.2 Å². The maximum absolute atomic E-state index is 13.4. The van der Waals surface area contributed by atoms with Gasteiger partial charge in [-0.15, -0.1) is 0 Å². The average molecular weight is 468 g/mol. The second-order valence-electron chi connectivity index (χ2n) is 10.1. The number of nitrogens with zero attached hydrogens (tertiary/aromatic N) is 2. The van der Waals surface area contributed by atoms with Crippen molar-refractivity contribution in [2.75, 3.05) is 39.5 Å². The predicted octanol–water partition coefficient (Wildman–Crippen LogP) is 3.08. The summed E-state index contributed by atoms with van der Waals surface area (Å²) in [5.41, 5.74) is 4.68. The summed E-state index contributed by atoms with van der Waals surface area (Å²) in [6, 6.07) is 6.11. The van der Waals surface area contributed by atoms with Crippen molar-refractivity contribution in [3.05, 3.63) is 35.0 Å². The molecule has 1 aromatic carbocycles. The molecule has 3 heterocycles. The van der Waals surface area contributed by atoms with E-state index < -0.39 is 0 Å². The largest absolute Gasteiger partial charge is 0.381 e. The number of ether oxygens (including phenoxy) is 2. The third kappa shape index (κ3) is 4.60. The van der Waals surface area contributed by atoms with Crippen LogP contribution in [-0.4, -0.2) is 66.8 Å². The van der Waals surface area contributed by atoms with Crippen LogP contribution in [-0.2, 0) is 34.2 Å². The summed E-state index contributed by atoms with van der Waals surface area (Å²) < 4.78 is 13.2. The van der Waals surface area contributed by atoms with Crippen molar-refractivity contribution in [3.63, 3.8) is 0 Å². The molecule has 0 radical (unpaired) electrons. The van der Waals surface area contributed by atoms with Crippen LogP contribution >= 0.6 is 0 Å². The first kappa shape index (κ1) is 23.4. The highest BCUT2D eigenvalue weighted by Crippen LogP contribution is 2.39. The molecule has 2 fully saturated rings. The monoisotopic (exact) mass is 467 g/mol. The van der Waals surface area contributed by atoms with Crippen LogP contribution in [0.1, 0.15) is 54.2 Å². The molecular formula is C27H37N3O4. The smallest absolute Gasteiger partial charge is 0.254 e. The normalized spacial score (nSPS) is 23.1. The molecule has 2 aromatic rings. The van der Waals surface area contributed by atoms with Crippen LogP contribution in [0.25, 0.3) is 10.9 Å². The molecule has 2 aliphatic heterocycles. The Bertz CT molecular complexity index is 1050. The van der Waals surface area contributed by atoms with Crippen molar-refractivity contribution in [1.82, 2.24) is 14.8 Å². The Morgan fingerprint density at radius 3 is 2.62 bits per heavy atom. The van der Waals surface area contributed by atoms with E-state index in [0.717, 1.165) is 51.2 Å². The number of amides is 2. The molecule has 7 heteroatoms. The maximum atomic E-state index is 13.4. The Morgan fingerprint density at radius 1 is 1.09 bits per heavy atom. The van der Waals surface area contributed by atoms with E-state index in [4.69, 9.17) is 9.47 Å². The van der Waals surface area contributed by atoms with Crippen LogP contribution in [0.15, 0.2) is 18.2 Å². The number of benzene rings is 1. The zero-order valence-corrected chi connectivity index (χ0v) is 20.5. The molecule has 0 bridgehead atoms. The number of carbonyl (C=O) groups is 2. The lowest BCUT2D eigenvalue weighted by atomic mass is 9.75. The van der Waals surface area contributed by atoms with Gasteiger partial charge in [0.05, 0.1) is 19.2 Å². The van der Waals surface area contributed by atoms with Gasteiger partial charge in [-0.3, -0.25) is 9.59 Å². The van der Waals surface area contributed by atoms with Crippen LogP contribution in [0.2, 0.25) is 0 Å². The average Bonchev–Trinajstić information content (AvgIpc) is 3.48. The summed E-state index contributed by atoms with van der Waals surface area (Å²) in [5.74, 6) is 1.22. The maximum Gasteiger partial charge on any atom is 0.254 e. The number of fused-ring (bicyclic) bond motifs is 3. The van der Waals surface area contributed by atoms with Gasteiger partial charge in [0.15, 0.2) is 0 Å². The van der Waals surface area contributed by atoms with Crippen LogP contribution < -0.4 is 5.32 Å². The predicted molar refractivity (Wildman–Crippen MR) is 131 cm³/mol. The highest BCUT2D eigenvalue weighted by Gasteiger charge is 2.31. The van der Waals surface area contributed by atoms with Gasteiger partial charge < -0.3 is 24.3 Å². The number of likely N-dealkylation sites (N-methyl/N-ethyl adjacent to an activating group) is 1. The highest BCUT2D eigenvalue weighted by atomic mass is 16.5. The molecule has 3 aliphatic rings. The molecule has 2 unspecified atom stereocenters. The van der Waals surface area contributed by atoms with E-state index in [1.807, 2.05) is 13.0 Å². The first-order chi connectivity index (χ1) is 16.5. The van der Waals surface area contributed by atoms with Gasteiger partial charge in [-0.25, -0.2) is 0 Å². The fourth-order valence-corrected chi connectivity index (χ4v) is 6.13. The number of aromatic nitrogens is 1. The summed E-state index contributed by atoms with van der Waals surface area (Å²) in [4.78, 5) is 27.5. The standard InChI is InChI=1S/C27H37N3O4/c1-3-30(16-26(31)28-21-10-13-34-17-21)27(32)20-5-7-25-23(15-20)22-14-19(4-6-24(22)29(25)2)18-8-11-33-12-9-18/h5,7,15,18-19,21H,3-4,6,8-14,16-17H2,1-2H3,(H,28,31). The number of aryl methyl sites for hydroxylation is 1. The van der Waals surface area contributed by atoms with Gasteiger partial charge in [-0.1, -0.05) is 0 Å². The van der Waals surface area contributed by atoms with E-state index in [9.17, 15) is 9.59 Å². The quantitative estimate of drug-likeness (QED) is 0.709. The minimum atomic E-state index is -0.122. The Kier molecular flexibility index (Phi) is 6.93. The lowest BCUT2D eigenvalue weighted by molar-refractivity contribution is -0.122. The van der Waals surface area contributed by atoms with E-state index in [1.165, 1.54) is 28.6 Å². The third-order valence-corrected chi connectivity index (χ3v) is 8.13. The second-order valence-corrected chi connectivity index (χ2v) is 10.1. The summed E-state index contributed by atoms with van der Waals surface area (Å²) in [6.45, 7) is 5.49. The lowest BCUT2D eigenvalue weighted by Gasteiger charge is -2.33. The number of hydrogen-bond acceptors (Lipinski definition) is 4. The first-order valence-corrected chi connectivity index (χ1v) is 12.9. The Labute approximate surface area is 201 Å². The van der Waals surface area contributed by atoms with Crippen molar-refractivity contribution in [2.24, 2.45) is 18.9 Å². The minimum absolute atomic E-state index is 0.0529. The number of nitrogens with one attached hydrogen (secondary N) is 1. The molecule has 34 heavy (non-hydrogen) atoms. The fraction of sp³-hybridized carbons (Fsp3) is 0.630. The van der Waals surface area contributed by atoms with E-state index >= 15 is 0 Å². The molecule has 5 rings (SSSR count). The van der Waals surface area contributed by atoms with Gasteiger partial charge in [-0.2, -0.15) is 0 Å². The molecule has 2 saturated heterocycles. The molecule has 0 spiro atoms. The van der Waals surface area contributed by atoms with Crippen molar-refractivity contribution in [2.45, 2.75) is 51.5 Å². The van der Waals surface area contributed by atoms with Crippen LogP contribution in [0.3, 0.4) is 0 Å². The summed E-state index contributed by atoms with van der Waals surface area (Å²) in [5, 5.41) is 4.19. The van der Waals surface area contributed by atoms with E-state index in [1.54, 1.807) is 4.90 Å². The van der Waals surface area contributed by atoms with Gasteiger partial charge in [0.1, 0.15) is 0 Å². The Morgan fingerprint density at radius 2 is 1.88 bits per heavy atom. The molecular weight excluding hydrogens is 430 g/mol. The number of hydrogen-bond donors (Lipinski definition) is 1. The molecule has 2 amide bonds. The lowest BCUT2D eigenvalue weighted by Crippen LogP contribution is -2.44. The fourth-order valence-electron chi connectivity index (χ4n) is 6.13. The topological polar surface area (TPSA) is 72.8 Å². The molecule has 0 saturated carbocycles. The summed E-state index contributed by atoms with van der Waals surface area (Å²) in [7, 11) is 2.15. The van der Waals surface area contributed by atoms with Crippen LogP contribution in [0, 0.1) is 11.8 Å². The molecule has 2 atom stereocenters. The zero-order valence-electron chi connectivity index (χ0n) is 20.5. The second kappa shape index (κ2) is 10.1. The first-order valence-electron chi connectivity index (χ1n) is 12.9. The molecule has 7 nitrogen and oxygen atoms in total. The summed E-state index contributed by atoms with van der Waals surface area (Å²) >= 11 is 0. The van der Waals surface area contributed by atoms with Crippen LogP contribution in [0.5, 0.6) is 0 Å². The van der Waals surface area contributed by atoms with Crippen LogP contribution in [0.4, 0.5) is 0 Å². The summed E-state index contributed by atoms with van der Waals surface area (Å²) in [6.07, 6.45) is 6.56. The van der Waals surface area contributed by atoms with Crippen molar-refractivity contribution in [3.8, 4) is 0 Å². The highest BCUT2D eigenvalue weighted by molar-refractivity contribution is 6.00. The van der Waals surface area contributed by atoms with Gasteiger partial charge in [-0.05, 0) is 81.0 Å². The third-order valence-electron chi connectivity index (χ3n) is 8.13. The molecule has 1 aromatic heterocycles. The Hall–Kier alpha value is -2.38. The molecule has 1 N–H and O–H groups in total. The Balaban J connectivity index is 1.35. The van der Waals surface area contributed by atoms with Gasteiger partial charge in [0.2, 0.25) is 5.91 Å². The minimum Gasteiger partial charge on any atom is -0.381 e.